The van der Waals surface area contributed by atoms with Crippen molar-refractivity contribution in [1.82, 2.24) is 19.9 Å². The Hall–Kier alpha value is -1.65. The summed E-state index contributed by atoms with van der Waals surface area (Å²) in [5, 5.41) is 8.31. The van der Waals surface area contributed by atoms with Crippen LogP contribution >= 0.6 is 0 Å². The van der Waals surface area contributed by atoms with Crippen LogP contribution < -0.4 is 0 Å². The molecule has 18 heavy (non-hydrogen) atoms. The van der Waals surface area contributed by atoms with Crippen LogP contribution in [0.15, 0.2) is 10.9 Å². The molecule has 0 atom stereocenters. The van der Waals surface area contributed by atoms with Gasteiger partial charge in [-0.3, -0.25) is 4.68 Å². The molecule has 0 unspecified atom stereocenters. The van der Waals surface area contributed by atoms with Gasteiger partial charge in [-0.25, -0.2) is 0 Å². The van der Waals surface area contributed by atoms with Gasteiger partial charge in [0.2, 0.25) is 0 Å². The normalized spacial score (nSPS) is 17.7. The van der Waals surface area contributed by atoms with Gasteiger partial charge < -0.3 is 4.52 Å². The van der Waals surface area contributed by atoms with Crippen molar-refractivity contribution in [3.8, 4) is 11.6 Å². The number of hydrogen-bond acceptors (Lipinski definition) is 4. The Bertz CT molecular complexity index is 554. The quantitative estimate of drug-likeness (QED) is 0.816. The molecule has 1 aliphatic rings. The molecule has 0 amide bonds. The van der Waals surface area contributed by atoms with Crippen LogP contribution in [0.1, 0.15) is 38.4 Å². The summed E-state index contributed by atoms with van der Waals surface area (Å²) >= 11 is 0. The van der Waals surface area contributed by atoms with Crippen LogP contribution in [0.2, 0.25) is 0 Å². The molecule has 0 N–H and O–H groups in total. The maximum atomic E-state index is 5.16. The Morgan fingerprint density at radius 3 is 2.94 bits per heavy atom. The monoisotopic (exact) mass is 246 g/mol. The third-order valence-corrected chi connectivity index (χ3v) is 3.73. The zero-order valence-electron chi connectivity index (χ0n) is 11.1. The van der Waals surface area contributed by atoms with Gasteiger partial charge in [-0.05, 0) is 31.6 Å². The standard InChI is InChI=1S/C13H18N4O/c1-4-17-10-7-13(2,3)6-5-9(10)11(16-17)12-14-8-15-18-12/h8H,4-7H2,1-3H3. The highest BCUT2D eigenvalue weighted by molar-refractivity contribution is 5.55. The minimum atomic E-state index is 0.353. The second-order valence-corrected chi connectivity index (χ2v) is 5.68. The van der Waals surface area contributed by atoms with E-state index in [9.17, 15) is 0 Å². The summed E-state index contributed by atoms with van der Waals surface area (Å²) in [5.41, 5.74) is 3.86. The van der Waals surface area contributed by atoms with E-state index >= 15 is 0 Å². The molecule has 0 saturated carbocycles. The molecule has 1 aliphatic carbocycles. The van der Waals surface area contributed by atoms with E-state index in [1.807, 2.05) is 0 Å². The summed E-state index contributed by atoms with van der Waals surface area (Å²) in [4.78, 5) is 4.12. The lowest BCUT2D eigenvalue weighted by molar-refractivity contribution is 0.304. The first-order valence-corrected chi connectivity index (χ1v) is 6.46. The number of aromatic nitrogens is 4. The average Bonchev–Trinajstić information content (AvgIpc) is 2.93. The fraction of sp³-hybridized carbons (Fsp3) is 0.615. The van der Waals surface area contributed by atoms with Crippen molar-refractivity contribution in [2.24, 2.45) is 5.41 Å². The fourth-order valence-electron chi connectivity index (χ4n) is 2.71. The van der Waals surface area contributed by atoms with Gasteiger partial charge >= 0.3 is 0 Å². The highest BCUT2D eigenvalue weighted by atomic mass is 16.5. The van der Waals surface area contributed by atoms with E-state index in [0.29, 0.717) is 11.3 Å². The number of hydrogen-bond donors (Lipinski definition) is 0. The topological polar surface area (TPSA) is 56.7 Å². The number of rotatable bonds is 2. The van der Waals surface area contributed by atoms with E-state index in [1.165, 1.54) is 24.0 Å². The second-order valence-electron chi connectivity index (χ2n) is 5.68. The molecule has 0 bridgehead atoms. The van der Waals surface area contributed by atoms with E-state index in [1.54, 1.807) is 0 Å². The second kappa shape index (κ2) is 3.93. The van der Waals surface area contributed by atoms with E-state index in [0.717, 1.165) is 25.1 Å². The summed E-state index contributed by atoms with van der Waals surface area (Å²) in [7, 11) is 0. The molecule has 0 spiro atoms. The zero-order chi connectivity index (χ0) is 12.8. The molecule has 0 aliphatic heterocycles. The Labute approximate surface area is 106 Å². The minimum Gasteiger partial charge on any atom is -0.332 e. The highest BCUT2D eigenvalue weighted by Crippen LogP contribution is 2.38. The van der Waals surface area contributed by atoms with Crippen molar-refractivity contribution in [3.63, 3.8) is 0 Å². The molecule has 2 aromatic rings. The molecular formula is C13H18N4O. The zero-order valence-corrected chi connectivity index (χ0v) is 11.1. The Morgan fingerprint density at radius 1 is 1.44 bits per heavy atom. The van der Waals surface area contributed by atoms with Crippen molar-refractivity contribution < 1.29 is 4.52 Å². The highest BCUT2D eigenvalue weighted by Gasteiger charge is 2.32. The fourth-order valence-corrected chi connectivity index (χ4v) is 2.71. The maximum Gasteiger partial charge on any atom is 0.278 e. The van der Waals surface area contributed by atoms with Crippen LogP contribution in [0.4, 0.5) is 0 Å². The van der Waals surface area contributed by atoms with Crippen molar-refractivity contribution in [1.29, 1.82) is 0 Å². The lowest BCUT2D eigenvalue weighted by atomic mass is 9.76. The van der Waals surface area contributed by atoms with Gasteiger partial charge in [-0.1, -0.05) is 19.0 Å². The number of fused-ring (bicyclic) bond motifs is 1. The predicted octanol–water partition coefficient (Wildman–Crippen LogP) is 2.47. The van der Waals surface area contributed by atoms with Gasteiger partial charge in [0.1, 0.15) is 0 Å². The van der Waals surface area contributed by atoms with Crippen LogP contribution in [0.3, 0.4) is 0 Å². The molecule has 5 nitrogen and oxygen atoms in total. The molecule has 2 heterocycles. The van der Waals surface area contributed by atoms with Gasteiger partial charge in [0.05, 0.1) is 0 Å². The summed E-state index contributed by atoms with van der Waals surface area (Å²) in [5.74, 6) is 0.540. The Balaban J connectivity index is 2.12. The van der Waals surface area contributed by atoms with E-state index in [-0.39, 0.29) is 0 Å². The Morgan fingerprint density at radius 2 is 2.28 bits per heavy atom. The van der Waals surface area contributed by atoms with Gasteiger partial charge in [0, 0.05) is 17.8 Å². The molecule has 0 aromatic carbocycles. The third kappa shape index (κ3) is 1.74. The van der Waals surface area contributed by atoms with Crippen molar-refractivity contribution in [2.45, 2.75) is 46.6 Å². The van der Waals surface area contributed by atoms with Crippen LogP contribution in [-0.2, 0) is 19.4 Å². The van der Waals surface area contributed by atoms with Gasteiger partial charge in [0.15, 0.2) is 12.0 Å². The third-order valence-electron chi connectivity index (χ3n) is 3.73. The smallest absolute Gasteiger partial charge is 0.278 e. The van der Waals surface area contributed by atoms with E-state index < -0.39 is 0 Å². The largest absolute Gasteiger partial charge is 0.332 e. The molecule has 0 saturated heterocycles. The average molecular weight is 246 g/mol. The van der Waals surface area contributed by atoms with Crippen molar-refractivity contribution in [3.05, 3.63) is 17.6 Å². The maximum absolute atomic E-state index is 5.16. The lowest BCUT2D eigenvalue weighted by Gasteiger charge is -2.30. The van der Waals surface area contributed by atoms with Gasteiger partial charge in [0.25, 0.3) is 5.89 Å². The lowest BCUT2D eigenvalue weighted by Crippen LogP contribution is -2.24. The Kier molecular flexibility index (Phi) is 2.50. The van der Waals surface area contributed by atoms with Crippen molar-refractivity contribution >= 4 is 0 Å². The molecular weight excluding hydrogens is 228 g/mol. The van der Waals surface area contributed by atoms with Crippen LogP contribution in [0.5, 0.6) is 0 Å². The number of nitrogens with zero attached hydrogens (tertiary/aromatic N) is 4. The molecule has 96 valence electrons. The summed E-state index contributed by atoms with van der Waals surface area (Å²) < 4.78 is 7.24. The predicted molar refractivity (Wildman–Crippen MR) is 67.0 cm³/mol. The summed E-state index contributed by atoms with van der Waals surface area (Å²) in [6, 6.07) is 0. The van der Waals surface area contributed by atoms with E-state index in [4.69, 9.17) is 4.52 Å². The summed E-state index contributed by atoms with van der Waals surface area (Å²) in [6.07, 6.45) is 4.72. The number of aryl methyl sites for hydroxylation is 1. The van der Waals surface area contributed by atoms with Crippen LogP contribution in [-0.4, -0.2) is 19.9 Å². The van der Waals surface area contributed by atoms with E-state index in [2.05, 4.69) is 40.7 Å². The first-order valence-electron chi connectivity index (χ1n) is 6.46. The van der Waals surface area contributed by atoms with Gasteiger partial charge in [-0.2, -0.15) is 10.1 Å². The minimum absolute atomic E-state index is 0.353. The first-order chi connectivity index (χ1) is 8.61. The SMILES string of the molecule is CCn1nc(-c2ncno2)c2c1CC(C)(C)CC2. The first kappa shape index (κ1) is 11.4. The molecule has 0 fully saturated rings. The molecule has 2 aromatic heterocycles. The van der Waals surface area contributed by atoms with Crippen LogP contribution in [0, 0.1) is 5.41 Å². The summed E-state index contributed by atoms with van der Waals surface area (Å²) in [6.45, 7) is 7.63. The van der Waals surface area contributed by atoms with Crippen LogP contribution in [0.25, 0.3) is 11.6 Å². The van der Waals surface area contributed by atoms with Gasteiger partial charge in [-0.15, -0.1) is 0 Å². The molecule has 3 rings (SSSR count). The van der Waals surface area contributed by atoms with Crippen molar-refractivity contribution in [2.75, 3.05) is 0 Å². The molecule has 0 radical (unpaired) electrons. The molecule has 5 heteroatoms.